The SMILES string of the molecule is O=C(NCc1ccc(Oc2ccccc2)cc1)[C@@H]1CCCN1S(=O)(=O)c1ccc(Cl)s1. The van der Waals surface area contributed by atoms with Crippen LogP contribution in [0.2, 0.25) is 4.34 Å². The molecule has 3 aromatic rings. The highest BCUT2D eigenvalue weighted by Crippen LogP contribution is 2.32. The van der Waals surface area contributed by atoms with Crippen LogP contribution in [0.4, 0.5) is 0 Å². The number of nitrogens with zero attached hydrogens (tertiary/aromatic N) is 1. The maximum Gasteiger partial charge on any atom is 0.253 e. The van der Waals surface area contributed by atoms with Crippen LogP contribution in [0, 0.1) is 0 Å². The van der Waals surface area contributed by atoms with Gasteiger partial charge in [-0.1, -0.05) is 41.9 Å². The van der Waals surface area contributed by atoms with E-state index in [1.54, 1.807) is 6.07 Å². The van der Waals surface area contributed by atoms with Crippen LogP contribution in [-0.2, 0) is 21.4 Å². The molecule has 0 spiro atoms. The number of carbonyl (C=O) groups is 1. The number of ether oxygens (including phenoxy) is 1. The molecule has 1 fully saturated rings. The average Bonchev–Trinajstić information content (AvgIpc) is 3.44. The van der Waals surface area contributed by atoms with Crippen LogP contribution in [0.25, 0.3) is 0 Å². The van der Waals surface area contributed by atoms with Gasteiger partial charge in [-0.15, -0.1) is 11.3 Å². The molecule has 2 aromatic carbocycles. The molecule has 0 saturated carbocycles. The second kappa shape index (κ2) is 9.40. The Morgan fingerprint density at radius 3 is 2.45 bits per heavy atom. The molecule has 1 saturated heterocycles. The predicted octanol–water partition coefficient (Wildman–Crippen LogP) is 4.66. The molecule has 0 aliphatic carbocycles. The number of hydrogen-bond acceptors (Lipinski definition) is 5. The summed E-state index contributed by atoms with van der Waals surface area (Å²) in [6, 6.07) is 19.2. The summed E-state index contributed by atoms with van der Waals surface area (Å²) in [6.45, 7) is 0.626. The van der Waals surface area contributed by atoms with E-state index >= 15 is 0 Å². The Bertz CT molecular complexity index is 1150. The molecule has 6 nitrogen and oxygen atoms in total. The molecule has 0 radical (unpaired) electrons. The largest absolute Gasteiger partial charge is 0.457 e. The van der Waals surface area contributed by atoms with Gasteiger partial charge in [-0.05, 0) is 54.8 Å². The molecule has 1 atom stereocenters. The van der Waals surface area contributed by atoms with Gasteiger partial charge in [-0.3, -0.25) is 4.79 Å². The van der Waals surface area contributed by atoms with Gasteiger partial charge in [-0.25, -0.2) is 8.42 Å². The first-order valence-electron chi connectivity index (χ1n) is 9.80. The van der Waals surface area contributed by atoms with Gasteiger partial charge in [0.05, 0.1) is 4.34 Å². The van der Waals surface area contributed by atoms with Crippen molar-refractivity contribution in [1.82, 2.24) is 9.62 Å². The van der Waals surface area contributed by atoms with Crippen molar-refractivity contribution in [2.75, 3.05) is 6.54 Å². The number of amides is 1. The third kappa shape index (κ3) is 5.10. The average molecular weight is 477 g/mol. The van der Waals surface area contributed by atoms with Crippen LogP contribution in [0.5, 0.6) is 11.5 Å². The lowest BCUT2D eigenvalue weighted by molar-refractivity contribution is -0.124. The van der Waals surface area contributed by atoms with Crippen molar-refractivity contribution >= 4 is 38.9 Å². The zero-order valence-corrected chi connectivity index (χ0v) is 18.9. The van der Waals surface area contributed by atoms with E-state index in [9.17, 15) is 13.2 Å². The Balaban J connectivity index is 1.37. The summed E-state index contributed by atoms with van der Waals surface area (Å²) in [5, 5.41) is 2.86. The minimum Gasteiger partial charge on any atom is -0.457 e. The molecule has 0 unspecified atom stereocenters. The Labute approximate surface area is 190 Å². The van der Waals surface area contributed by atoms with Crippen molar-refractivity contribution in [3.05, 3.63) is 76.6 Å². The second-order valence-corrected chi connectivity index (χ2v) is 10.9. The molecule has 0 bridgehead atoms. The number of halogens is 1. The van der Waals surface area contributed by atoms with Crippen LogP contribution in [0.3, 0.4) is 0 Å². The van der Waals surface area contributed by atoms with E-state index in [1.807, 2.05) is 54.6 Å². The van der Waals surface area contributed by atoms with Crippen molar-refractivity contribution in [3.63, 3.8) is 0 Å². The van der Waals surface area contributed by atoms with Crippen LogP contribution in [0.15, 0.2) is 70.9 Å². The van der Waals surface area contributed by atoms with Gasteiger partial charge in [0.1, 0.15) is 21.8 Å². The van der Waals surface area contributed by atoms with E-state index in [4.69, 9.17) is 16.3 Å². The van der Waals surface area contributed by atoms with E-state index in [0.29, 0.717) is 36.0 Å². The Morgan fingerprint density at radius 2 is 1.77 bits per heavy atom. The summed E-state index contributed by atoms with van der Waals surface area (Å²) in [6.07, 6.45) is 1.13. The van der Waals surface area contributed by atoms with E-state index in [0.717, 1.165) is 22.6 Å². The van der Waals surface area contributed by atoms with Gasteiger partial charge in [0.25, 0.3) is 10.0 Å². The zero-order chi connectivity index (χ0) is 21.8. The lowest BCUT2D eigenvalue weighted by Gasteiger charge is -2.22. The molecule has 1 aliphatic heterocycles. The molecular formula is C22H21ClN2O4S2. The smallest absolute Gasteiger partial charge is 0.253 e. The maximum absolute atomic E-state index is 12.9. The van der Waals surface area contributed by atoms with Crippen LogP contribution < -0.4 is 10.1 Å². The fraction of sp³-hybridized carbons (Fsp3) is 0.227. The number of nitrogens with one attached hydrogen (secondary N) is 1. The fourth-order valence-electron chi connectivity index (χ4n) is 3.45. The summed E-state index contributed by atoms with van der Waals surface area (Å²) >= 11 is 6.89. The van der Waals surface area contributed by atoms with Crippen molar-refractivity contribution in [3.8, 4) is 11.5 Å². The van der Waals surface area contributed by atoms with Gasteiger partial charge in [0, 0.05) is 13.1 Å². The van der Waals surface area contributed by atoms with Crippen LogP contribution in [-0.4, -0.2) is 31.2 Å². The molecule has 31 heavy (non-hydrogen) atoms. The molecule has 2 heterocycles. The first kappa shape index (κ1) is 21.8. The molecule has 9 heteroatoms. The van der Waals surface area contributed by atoms with Gasteiger partial charge in [-0.2, -0.15) is 4.31 Å². The number of thiophene rings is 1. The molecule has 1 aliphatic rings. The Kier molecular flexibility index (Phi) is 6.62. The van der Waals surface area contributed by atoms with Gasteiger partial charge >= 0.3 is 0 Å². The molecule has 162 valence electrons. The van der Waals surface area contributed by atoms with Crippen molar-refractivity contribution in [2.45, 2.75) is 29.6 Å². The van der Waals surface area contributed by atoms with Gasteiger partial charge in [0.15, 0.2) is 0 Å². The molecular weight excluding hydrogens is 456 g/mol. The second-order valence-electron chi connectivity index (χ2n) is 7.11. The molecule has 1 N–H and O–H groups in total. The lowest BCUT2D eigenvalue weighted by atomic mass is 10.2. The third-order valence-electron chi connectivity index (χ3n) is 4.99. The van der Waals surface area contributed by atoms with Crippen LogP contribution >= 0.6 is 22.9 Å². The summed E-state index contributed by atoms with van der Waals surface area (Å²) in [5.41, 5.74) is 0.895. The monoisotopic (exact) mass is 476 g/mol. The van der Waals surface area contributed by atoms with E-state index < -0.39 is 16.1 Å². The van der Waals surface area contributed by atoms with Crippen molar-refractivity contribution in [2.24, 2.45) is 0 Å². The van der Waals surface area contributed by atoms with Crippen molar-refractivity contribution in [1.29, 1.82) is 0 Å². The van der Waals surface area contributed by atoms with E-state index in [-0.39, 0.29) is 10.1 Å². The predicted molar refractivity (Wildman–Crippen MR) is 121 cm³/mol. The van der Waals surface area contributed by atoms with Gasteiger partial charge in [0.2, 0.25) is 5.91 Å². The third-order valence-corrected chi connectivity index (χ3v) is 8.59. The summed E-state index contributed by atoms with van der Waals surface area (Å²) < 4.78 is 33.4. The Morgan fingerprint density at radius 1 is 1.06 bits per heavy atom. The molecule has 1 amide bonds. The minimum atomic E-state index is -3.74. The van der Waals surface area contributed by atoms with Crippen LogP contribution in [0.1, 0.15) is 18.4 Å². The lowest BCUT2D eigenvalue weighted by Crippen LogP contribution is -2.45. The minimum absolute atomic E-state index is 0.159. The summed E-state index contributed by atoms with van der Waals surface area (Å²) in [5.74, 6) is 1.15. The summed E-state index contributed by atoms with van der Waals surface area (Å²) in [4.78, 5) is 12.8. The van der Waals surface area contributed by atoms with E-state index in [2.05, 4.69) is 5.32 Å². The highest BCUT2D eigenvalue weighted by atomic mass is 35.5. The van der Waals surface area contributed by atoms with Gasteiger partial charge < -0.3 is 10.1 Å². The normalized spacial score (nSPS) is 16.9. The first-order chi connectivity index (χ1) is 14.9. The standard InChI is InChI=1S/C22H21ClN2O4S2/c23-20-12-13-21(30-20)31(27,28)25-14-4-7-19(25)22(26)24-15-16-8-10-18(11-9-16)29-17-5-2-1-3-6-17/h1-3,5-6,8-13,19H,4,7,14-15H2,(H,24,26)/t19-/m0/s1. The maximum atomic E-state index is 12.9. The topological polar surface area (TPSA) is 75.7 Å². The number of sulfonamides is 1. The Hall–Kier alpha value is -2.39. The zero-order valence-electron chi connectivity index (χ0n) is 16.5. The quantitative estimate of drug-likeness (QED) is 0.538. The highest BCUT2D eigenvalue weighted by molar-refractivity contribution is 7.91. The number of carbonyl (C=O) groups excluding carboxylic acids is 1. The highest BCUT2D eigenvalue weighted by Gasteiger charge is 2.39. The first-order valence-corrected chi connectivity index (χ1v) is 12.4. The molecule has 1 aromatic heterocycles. The summed E-state index contributed by atoms with van der Waals surface area (Å²) in [7, 11) is -3.74. The van der Waals surface area contributed by atoms with Crippen molar-refractivity contribution < 1.29 is 17.9 Å². The number of rotatable bonds is 7. The fourth-order valence-corrected chi connectivity index (χ4v) is 6.72. The number of benzene rings is 2. The molecule has 4 rings (SSSR count). The van der Waals surface area contributed by atoms with E-state index in [1.165, 1.54) is 10.4 Å². The number of hydrogen-bond donors (Lipinski definition) is 1. The number of para-hydroxylation sites is 1.